The molecule has 3 nitrogen and oxygen atoms in total. The van der Waals surface area contributed by atoms with Crippen LogP contribution in [0.3, 0.4) is 0 Å². The zero-order valence-corrected chi connectivity index (χ0v) is 6.43. The number of hydrogen-bond donors (Lipinski definition) is 2. The molecule has 0 rings (SSSR count). The molecule has 1 atom stereocenters. The van der Waals surface area contributed by atoms with Gasteiger partial charge in [-0.2, -0.15) is 12.6 Å². The highest BCUT2D eigenvalue weighted by Gasteiger charge is 2.11. The number of hydrogen-bond acceptors (Lipinski definition) is 2. The summed E-state index contributed by atoms with van der Waals surface area (Å²) in [6, 6.07) is 0. The minimum absolute atomic E-state index is 0.178. The second-order valence-electron chi connectivity index (χ2n) is 1.78. The molecule has 0 bridgehead atoms. The van der Waals surface area contributed by atoms with Crippen LogP contribution in [0.25, 0.3) is 0 Å². The minimum atomic E-state index is -0.933. The number of thiol groups is 1. The topological polar surface area (TPSA) is 40.5 Å². The van der Waals surface area contributed by atoms with Gasteiger partial charge in [-0.1, -0.05) is 6.92 Å². The van der Waals surface area contributed by atoms with Gasteiger partial charge in [0.1, 0.15) is 0 Å². The standard InChI is InChI=1S/C5H11NO2S/c1-3-4(9)6(2)5(7)8/h4,9H,3H2,1-2H3,(H,7,8). The van der Waals surface area contributed by atoms with Gasteiger partial charge in [0.15, 0.2) is 0 Å². The van der Waals surface area contributed by atoms with Crippen molar-refractivity contribution in [1.82, 2.24) is 4.90 Å². The van der Waals surface area contributed by atoms with E-state index in [0.29, 0.717) is 0 Å². The molecule has 0 aliphatic rings. The van der Waals surface area contributed by atoms with E-state index in [1.807, 2.05) is 6.92 Å². The number of rotatable bonds is 2. The molecule has 9 heavy (non-hydrogen) atoms. The molecule has 1 amide bonds. The molecule has 0 aliphatic carbocycles. The Morgan fingerprint density at radius 1 is 1.89 bits per heavy atom. The predicted molar refractivity (Wildman–Crippen MR) is 38.9 cm³/mol. The molecule has 0 aromatic carbocycles. The normalized spacial score (nSPS) is 12.8. The van der Waals surface area contributed by atoms with Crippen LogP contribution in [-0.4, -0.2) is 28.5 Å². The van der Waals surface area contributed by atoms with Gasteiger partial charge < -0.3 is 5.11 Å². The molecule has 1 unspecified atom stereocenters. The third-order valence-electron chi connectivity index (χ3n) is 1.11. The highest BCUT2D eigenvalue weighted by Crippen LogP contribution is 2.04. The zero-order valence-electron chi connectivity index (χ0n) is 5.53. The first-order valence-electron chi connectivity index (χ1n) is 2.73. The Labute approximate surface area is 60.1 Å². The van der Waals surface area contributed by atoms with Crippen molar-refractivity contribution in [3.8, 4) is 0 Å². The summed E-state index contributed by atoms with van der Waals surface area (Å²) >= 11 is 4.01. The molecule has 0 aliphatic heterocycles. The number of nitrogens with zero attached hydrogens (tertiary/aromatic N) is 1. The highest BCUT2D eigenvalue weighted by molar-refractivity contribution is 7.80. The van der Waals surface area contributed by atoms with Crippen LogP contribution in [0.1, 0.15) is 13.3 Å². The van der Waals surface area contributed by atoms with Gasteiger partial charge in [-0.05, 0) is 6.42 Å². The van der Waals surface area contributed by atoms with E-state index in [9.17, 15) is 4.79 Å². The molecule has 0 fully saturated rings. The van der Waals surface area contributed by atoms with E-state index >= 15 is 0 Å². The number of amides is 1. The monoisotopic (exact) mass is 149 g/mol. The lowest BCUT2D eigenvalue weighted by Crippen LogP contribution is -2.31. The summed E-state index contributed by atoms with van der Waals surface area (Å²) in [5.41, 5.74) is 0. The minimum Gasteiger partial charge on any atom is -0.465 e. The molecule has 0 heterocycles. The molecule has 0 radical (unpaired) electrons. The highest BCUT2D eigenvalue weighted by atomic mass is 32.1. The molecule has 4 heteroatoms. The Morgan fingerprint density at radius 2 is 2.33 bits per heavy atom. The number of carboxylic acid groups (broad SMARTS) is 1. The molecule has 0 saturated heterocycles. The van der Waals surface area contributed by atoms with Crippen molar-refractivity contribution in [3.63, 3.8) is 0 Å². The van der Waals surface area contributed by atoms with Crippen molar-refractivity contribution in [2.24, 2.45) is 0 Å². The molecule has 0 spiro atoms. The smallest absolute Gasteiger partial charge is 0.407 e. The fraction of sp³-hybridized carbons (Fsp3) is 0.800. The van der Waals surface area contributed by atoms with Crippen LogP contribution in [0.5, 0.6) is 0 Å². The van der Waals surface area contributed by atoms with Crippen molar-refractivity contribution in [3.05, 3.63) is 0 Å². The molecular formula is C5H11NO2S. The first kappa shape index (κ1) is 8.62. The van der Waals surface area contributed by atoms with Gasteiger partial charge in [0.25, 0.3) is 0 Å². The lowest BCUT2D eigenvalue weighted by atomic mass is 10.4. The Hall–Kier alpha value is -0.380. The summed E-state index contributed by atoms with van der Waals surface area (Å²) in [6.07, 6.45) is -0.205. The van der Waals surface area contributed by atoms with Crippen LogP contribution in [0.15, 0.2) is 0 Å². The van der Waals surface area contributed by atoms with E-state index in [2.05, 4.69) is 12.6 Å². The molecule has 0 saturated carbocycles. The molecule has 54 valence electrons. The van der Waals surface area contributed by atoms with Crippen molar-refractivity contribution in [1.29, 1.82) is 0 Å². The number of carbonyl (C=O) groups is 1. The second-order valence-corrected chi connectivity index (χ2v) is 2.38. The van der Waals surface area contributed by atoms with E-state index in [1.165, 1.54) is 11.9 Å². The van der Waals surface area contributed by atoms with Crippen molar-refractivity contribution < 1.29 is 9.90 Å². The largest absolute Gasteiger partial charge is 0.465 e. The van der Waals surface area contributed by atoms with Gasteiger partial charge in [0, 0.05) is 7.05 Å². The van der Waals surface area contributed by atoms with E-state index in [-0.39, 0.29) is 5.37 Å². The Bertz CT molecular complexity index is 107. The Balaban J connectivity index is 3.72. The maximum absolute atomic E-state index is 10.2. The van der Waals surface area contributed by atoms with Gasteiger partial charge >= 0.3 is 6.09 Å². The summed E-state index contributed by atoms with van der Waals surface area (Å²) < 4.78 is 0. The third-order valence-corrected chi connectivity index (χ3v) is 1.83. The predicted octanol–water partition coefficient (Wildman–Crippen LogP) is 1.26. The van der Waals surface area contributed by atoms with Gasteiger partial charge in [-0.15, -0.1) is 0 Å². The van der Waals surface area contributed by atoms with Crippen LogP contribution < -0.4 is 0 Å². The van der Waals surface area contributed by atoms with Gasteiger partial charge in [0.05, 0.1) is 5.37 Å². The summed E-state index contributed by atoms with van der Waals surface area (Å²) in [7, 11) is 1.50. The first-order valence-corrected chi connectivity index (χ1v) is 3.25. The lowest BCUT2D eigenvalue weighted by Gasteiger charge is -2.18. The quantitative estimate of drug-likeness (QED) is 0.458. The average molecular weight is 149 g/mol. The van der Waals surface area contributed by atoms with Crippen LogP contribution in [0.4, 0.5) is 4.79 Å². The molecule has 0 aromatic rings. The summed E-state index contributed by atoms with van der Waals surface area (Å²) in [6.45, 7) is 1.89. The summed E-state index contributed by atoms with van der Waals surface area (Å²) in [5, 5.41) is 8.18. The SMILES string of the molecule is CCC(S)N(C)C(=O)O. The van der Waals surface area contributed by atoms with Crippen molar-refractivity contribution >= 4 is 18.7 Å². The lowest BCUT2D eigenvalue weighted by molar-refractivity contribution is 0.152. The van der Waals surface area contributed by atoms with Crippen LogP contribution >= 0.6 is 12.6 Å². The molecule has 0 aromatic heterocycles. The van der Waals surface area contributed by atoms with Crippen molar-refractivity contribution in [2.45, 2.75) is 18.7 Å². The van der Waals surface area contributed by atoms with Gasteiger partial charge in [-0.3, -0.25) is 4.90 Å². The van der Waals surface area contributed by atoms with Crippen LogP contribution in [-0.2, 0) is 0 Å². The molecular weight excluding hydrogens is 138 g/mol. The van der Waals surface area contributed by atoms with E-state index in [1.54, 1.807) is 0 Å². The third kappa shape index (κ3) is 2.60. The van der Waals surface area contributed by atoms with Gasteiger partial charge in [-0.25, -0.2) is 4.79 Å². The fourth-order valence-corrected chi connectivity index (χ4v) is 0.500. The van der Waals surface area contributed by atoms with Crippen LogP contribution in [0, 0.1) is 0 Å². The van der Waals surface area contributed by atoms with E-state index in [0.717, 1.165) is 6.42 Å². The summed E-state index contributed by atoms with van der Waals surface area (Å²) in [4.78, 5) is 11.3. The Morgan fingerprint density at radius 3 is 2.44 bits per heavy atom. The summed E-state index contributed by atoms with van der Waals surface area (Å²) in [5.74, 6) is 0. The van der Waals surface area contributed by atoms with Crippen molar-refractivity contribution in [2.75, 3.05) is 7.05 Å². The van der Waals surface area contributed by atoms with E-state index < -0.39 is 6.09 Å². The molecule has 1 N–H and O–H groups in total. The second kappa shape index (κ2) is 3.61. The Kier molecular flexibility index (Phi) is 3.46. The average Bonchev–Trinajstić information content (AvgIpc) is 1.84. The fourth-order valence-electron chi connectivity index (χ4n) is 0.401. The van der Waals surface area contributed by atoms with Gasteiger partial charge in [0.2, 0.25) is 0 Å². The van der Waals surface area contributed by atoms with E-state index in [4.69, 9.17) is 5.11 Å². The van der Waals surface area contributed by atoms with Crippen LogP contribution in [0.2, 0.25) is 0 Å². The maximum Gasteiger partial charge on any atom is 0.407 e. The maximum atomic E-state index is 10.2. The zero-order chi connectivity index (χ0) is 7.44. The first-order chi connectivity index (χ1) is 4.09.